The van der Waals surface area contributed by atoms with Gasteiger partial charge in [-0.25, -0.2) is 0 Å². The summed E-state index contributed by atoms with van der Waals surface area (Å²) in [6, 6.07) is 9.57. The van der Waals surface area contributed by atoms with E-state index in [-0.39, 0.29) is 0 Å². The van der Waals surface area contributed by atoms with Crippen LogP contribution in [0.1, 0.15) is 10.4 Å². The summed E-state index contributed by atoms with van der Waals surface area (Å²) in [6.07, 6.45) is 0.662. The summed E-state index contributed by atoms with van der Waals surface area (Å²) in [5, 5.41) is 0.866. The predicted octanol–water partition coefficient (Wildman–Crippen LogP) is 4.82. The van der Waals surface area contributed by atoms with Gasteiger partial charge in [-0.3, -0.25) is 4.79 Å². The molecule has 0 spiro atoms. The Morgan fingerprint density at radius 3 is 2.42 bits per heavy atom. The van der Waals surface area contributed by atoms with Gasteiger partial charge in [-0.05, 0) is 36.4 Å². The maximum absolute atomic E-state index is 11.0. The molecule has 6 heteroatoms. The van der Waals surface area contributed by atoms with Crippen molar-refractivity contribution in [2.45, 2.75) is 0 Å². The Labute approximate surface area is 125 Å². The average Bonchev–Trinajstić information content (AvgIpc) is 2.42. The molecule has 98 valence electrons. The lowest BCUT2D eigenvalue weighted by molar-refractivity contribution is 0.112. The van der Waals surface area contributed by atoms with Crippen LogP contribution < -0.4 is 8.92 Å². The van der Waals surface area contributed by atoms with Gasteiger partial charge in [0.25, 0.3) is 0 Å². The molecule has 19 heavy (non-hydrogen) atoms. The number of carbonyl (C=O) groups is 1. The fourth-order valence-electron chi connectivity index (χ4n) is 1.44. The number of benzene rings is 2. The van der Waals surface area contributed by atoms with E-state index in [9.17, 15) is 4.79 Å². The van der Waals surface area contributed by atoms with E-state index in [0.29, 0.717) is 39.1 Å². The molecule has 0 aromatic heterocycles. The Kier molecular flexibility index (Phi) is 4.58. The lowest BCUT2D eigenvalue weighted by Gasteiger charge is -2.10. The molecule has 0 heterocycles. The van der Waals surface area contributed by atoms with E-state index in [4.69, 9.17) is 32.1 Å². The van der Waals surface area contributed by atoms with Crippen LogP contribution in [0.3, 0.4) is 0 Å². The highest BCUT2D eigenvalue weighted by molar-refractivity contribution is 7.75. The first kappa shape index (κ1) is 14.1. The molecular formula is C13H8Cl2O3S. The van der Waals surface area contributed by atoms with Crippen molar-refractivity contribution in [3.05, 3.63) is 52.0 Å². The number of thiol groups is 1. The summed E-state index contributed by atoms with van der Waals surface area (Å²) >= 11 is 15.5. The molecule has 0 radical (unpaired) electrons. The second kappa shape index (κ2) is 6.19. The number of rotatable bonds is 4. The van der Waals surface area contributed by atoms with E-state index in [0.717, 1.165) is 0 Å². The number of halogens is 2. The molecule has 2 aromatic carbocycles. The number of ether oxygens (including phenoxy) is 1. The highest BCUT2D eigenvalue weighted by atomic mass is 35.5. The quantitative estimate of drug-likeness (QED) is 0.499. The molecular weight excluding hydrogens is 307 g/mol. The predicted molar refractivity (Wildman–Crippen MR) is 78.0 cm³/mol. The fraction of sp³-hybridized carbons (Fsp3) is 0. The molecule has 2 rings (SSSR count). The summed E-state index contributed by atoms with van der Waals surface area (Å²) < 4.78 is 10.3. The topological polar surface area (TPSA) is 35.5 Å². The monoisotopic (exact) mass is 314 g/mol. The molecule has 0 fully saturated rings. The second-order valence-corrected chi connectivity index (χ2v) is 4.61. The van der Waals surface area contributed by atoms with Gasteiger partial charge in [0, 0.05) is 17.9 Å². The molecule has 0 saturated heterocycles. The number of hydrogen-bond acceptors (Lipinski definition) is 4. The molecule has 3 nitrogen and oxygen atoms in total. The first-order valence-corrected chi connectivity index (χ1v) is 6.29. The van der Waals surface area contributed by atoms with Crippen LogP contribution in [0.2, 0.25) is 10.0 Å². The van der Waals surface area contributed by atoms with Gasteiger partial charge >= 0.3 is 0 Å². The van der Waals surface area contributed by atoms with Crippen LogP contribution in [0.15, 0.2) is 36.4 Å². The Bertz CT molecular complexity index is 617. The molecule has 0 aliphatic rings. The minimum absolute atomic E-state index is 0.331. The highest BCUT2D eigenvalue weighted by Crippen LogP contribution is 2.33. The zero-order chi connectivity index (χ0) is 13.8. The van der Waals surface area contributed by atoms with Gasteiger partial charge < -0.3 is 8.92 Å². The van der Waals surface area contributed by atoms with E-state index < -0.39 is 0 Å². The molecule has 0 aliphatic heterocycles. The van der Waals surface area contributed by atoms with E-state index >= 15 is 0 Å². The van der Waals surface area contributed by atoms with Crippen molar-refractivity contribution in [2.24, 2.45) is 0 Å². The Balaban J connectivity index is 2.35. The molecule has 2 aromatic rings. The van der Waals surface area contributed by atoms with Crippen LogP contribution in [-0.2, 0) is 0 Å². The summed E-state index contributed by atoms with van der Waals surface area (Å²) in [7, 11) is 0. The number of hydrogen-bond donors (Lipinski definition) is 1. The zero-order valence-corrected chi connectivity index (χ0v) is 11.9. The van der Waals surface area contributed by atoms with Crippen LogP contribution in [0, 0.1) is 0 Å². The van der Waals surface area contributed by atoms with E-state index in [1.165, 1.54) is 6.07 Å². The Hall–Kier alpha value is -1.36. The Morgan fingerprint density at radius 1 is 1.05 bits per heavy atom. The largest absolute Gasteiger partial charge is 0.455 e. The lowest BCUT2D eigenvalue weighted by atomic mass is 10.2. The molecule has 0 bridgehead atoms. The highest BCUT2D eigenvalue weighted by Gasteiger charge is 2.09. The van der Waals surface area contributed by atoms with Crippen LogP contribution in [0.4, 0.5) is 0 Å². The van der Waals surface area contributed by atoms with E-state index in [2.05, 4.69) is 12.9 Å². The third-order valence-electron chi connectivity index (χ3n) is 2.33. The first-order valence-electron chi connectivity index (χ1n) is 5.17. The van der Waals surface area contributed by atoms with Crippen LogP contribution in [0.5, 0.6) is 17.2 Å². The summed E-state index contributed by atoms with van der Waals surface area (Å²) in [4.78, 5) is 11.0. The van der Waals surface area contributed by atoms with Gasteiger partial charge in [0.1, 0.15) is 17.2 Å². The molecule has 0 saturated carbocycles. The third-order valence-corrected chi connectivity index (χ3v) is 3.07. The summed E-state index contributed by atoms with van der Waals surface area (Å²) in [5.41, 5.74) is 0.331. The number of aldehydes is 1. The van der Waals surface area contributed by atoms with Gasteiger partial charge in [-0.2, -0.15) is 0 Å². The minimum atomic E-state index is 0.331. The van der Waals surface area contributed by atoms with Crippen molar-refractivity contribution in [3.63, 3.8) is 0 Å². The smallest absolute Gasteiger partial charge is 0.153 e. The maximum atomic E-state index is 11.0. The van der Waals surface area contributed by atoms with Gasteiger partial charge in [-0.1, -0.05) is 23.2 Å². The first-order chi connectivity index (χ1) is 9.13. The summed E-state index contributed by atoms with van der Waals surface area (Å²) in [6.45, 7) is 0. The summed E-state index contributed by atoms with van der Waals surface area (Å²) in [5.74, 6) is 1.22. The Morgan fingerprint density at radius 2 is 1.79 bits per heavy atom. The van der Waals surface area contributed by atoms with Crippen molar-refractivity contribution >= 4 is 42.4 Å². The standard InChI is InChI=1S/C13H8Cl2O3S/c14-9-1-3-13(11(15)6-9)17-12-4-2-10(18-19)5-8(12)7-16/h1-7,19H. The van der Waals surface area contributed by atoms with Crippen molar-refractivity contribution in [1.82, 2.24) is 0 Å². The zero-order valence-electron chi connectivity index (χ0n) is 9.47. The fourth-order valence-corrected chi connectivity index (χ4v) is 2.01. The normalized spacial score (nSPS) is 10.1. The van der Waals surface area contributed by atoms with Crippen molar-refractivity contribution < 1.29 is 13.7 Å². The third kappa shape index (κ3) is 3.35. The molecule has 0 atom stereocenters. The van der Waals surface area contributed by atoms with Gasteiger partial charge in [0.15, 0.2) is 6.29 Å². The molecule has 0 N–H and O–H groups in total. The lowest BCUT2D eigenvalue weighted by Crippen LogP contribution is -1.91. The van der Waals surface area contributed by atoms with Gasteiger partial charge in [0.05, 0.1) is 10.6 Å². The maximum Gasteiger partial charge on any atom is 0.153 e. The van der Waals surface area contributed by atoms with E-state index in [1.54, 1.807) is 30.3 Å². The molecule has 0 unspecified atom stereocenters. The van der Waals surface area contributed by atoms with Crippen molar-refractivity contribution in [1.29, 1.82) is 0 Å². The molecule has 0 amide bonds. The van der Waals surface area contributed by atoms with Crippen LogP contribution in [-0.4, -0.2) is 6.29 Å². The van der Waals surface area contributed by atoms with Crippen molar-refractivity contribution in [2.75, 3.05) is 0 Å². The SMILES string of the molecule is O=Cc1cc(OS)ccc1Oc1ccc(Cl)cc1Cl. The second-order valence-electron chi connectivity index (χ2n) is 3.59. The van der Waals surface area contributed by atoms with Gasteiger partial charge in [-0.15, -0.1) is 0 Å². The van der Waals surface area contributed by atoms with E-state index in [1.807, 2.05) is 0 Å². The molecule has 0 aliphatic carbocycles. The van der Waals surface area contributed by atoms with Gasteiger partial charge in [0.2, 0.25) is 0 Å². The van der Waals surface area contributed by atoms with Crippen molar-refractivity contribution in [3.8, 4) is 17.2 Å². The number of carbonyl (C=O) groups excluding carboxylic acids is 1. The minimum Gasteiger partial charge on any atom is -0.455 e. The average molecular weight is 315 g/mol. The van der Waals surface area contributed by atoms with Crippen LogP contribution in [0.25, 0.3) is 0 Å². The van der Waals surface area contributed by atoms with Crippen LogP contribution >= 0.6 is 36.1 Å².